The molecule has 0 spiro atoms. The van der Waals surface area contributed by atoms with Gasteiger partial charge in [-0.05, 0) is 44.0 Å². The highest BCUT2D eigenvalue weighted by Crippen LogP contribution is 2.23. The molecule has 0 atom stereocenters. The number of aryl methyl sites for hydroxylation is 1. The first-order valence-corrected chi connectivity index (χ1v) is 12.2. The third-order valence-electron chi connectivity index (χ3n) is 5.78. The number of esters is 1. The molecule has 2 aromatic carbocycles. The Bertz CT molecular complexity index is 1250. The van der Waals surface area contributed by atoms with Gasteiger partial charge in [-0.2, -0.15) is 4.31 Å². The Balaban J connectivity index is 1.48. The second-order valence-corrected chi connectivity index (χ2v) is 9.95. The monoisotopic (exact) mass is 454 g/mol. The lowest BCUT2D eigenvalue weighted by atomic mass is 10.1. The molecule has 1 saturated heterocycles. The summed E-state index contributed by atoms with van der Waals surface area (Å²) in [5.41, 5.74) is 2.14. The molecule has 1 aliphatic rings. The van der Waals surface area contributed by atoms with Crippen LogP contribution in [0.4, 0.5) is 0 Å². The zero-order chi connectivity index (χ0) is 22.7. The van der Waals surface area contributed by atoms with Crippen LogP contribution in [0.15, 0.2) is 53.4 Å². The average Bonchev–Trinajstić information content (AvgIpc) is 2.95. The first kappa shape index (κ1) is 22.2. The van der Waals surface area contributed by atoms with Crippen LogP contribution in [0.2, 0.25) is 0 Å². The van der Waals surface area contributed by atoms with Gasteiger partial charge in [-0.25, -0.2) is 13.2 Å². The van der Waals surface area contributed by atoms with Crippen LogP contribution in [0.3, 0.4) is 0 Å². The third kappa shape index (κ3) is 4.47. The molecule has 0 radical (unpaired) electrons. The minimum Gasteiger partial charge on any atom is -0.454 e. The van der Waals surface area contributed by atoms with E-state index >= 15 is 0 Å². The van der Waals surface area contributed by atoms with Crippen LogP contribution in [-0.4, -0.2) is 49.2 Å². The topological polar surface area (TPSA) is 96.5 Å². The maximum atomic E-state index is 13.0. The smallest absolute Gasteiger partial charge is 0.338 e. The number of nitrogens with zero attached hydrogens (tertiary/aromatic N) is 1. The molecular weight excluding hydrogens is 428 g/mol. The number of H-pyrrole nitrogens is 1. The van der Waals surface area contributed by atoms with Crippen molar-refractivity contribution in [1.82, 2.24) is 9.29 Å². The number of aromatic amines is 1. The normalized spacial score (nSPS) is 15.4. The van der Waals surface area contributed by atoms with Crippen molar-refractivity contribution in [2.24, 2.45) is 0 Å². The van der Waals surface area contributed by atoms with E-state index in [4.69, 9.17) is 4.74 Å². The van der Waals surface area contributed by atoms with Gasteiger partial charge in [0.05, 0.1) is 10.5 Å². The molecule has 0 bridgehead atoms. The zero-order valence-electron chi connectivity index (χ0n) is 18.0. The summed E-state index contributed by atoms with van der Waals surface area (Å²) < 4.78 is 32.7. The van der Waals surface area contributed by atoms with Crippen molar-refractivity contribution in [3.8, 4) is 0 Å². The van der Waals surface area contributed by atoms with Gasteiger partial charge in [0.15, 0.2) is 6.61 Å². The van der Waals surface area contributed by atoms with Crippen LogP contribution < -0.4 is 0 Å². The largest absolute Gasteiger partial charge is 0.454 e. The molecule has 1 aromatic heterocycles. The molecule has 8 heteroatoms. The van der Waals surface area contributed by atoms with Crippen molar-refractivity contribution in [3.05, 3.63) is 65.4 Å². The van der Waals surface area contributed by atoms with E-state index in [0.29, 0.717) is 24.3 Å². The Morgan fingerprint density at radius 3 is 2.47 bits per heavy atom. The number of rotatable bonds is 6. The van der Waals surface area contributed by atoms with Gasteiger partial charge in [-0.15, -0.1) is 0 Å². The van der Waals surface area contributed by atoms with E-state index in [0.717, 1.165) is 36.6 Å². The zero-order valence-corrected chi connectivity index (χ0v) is 18.8. The molecule has 168 valence electrons. The summed E-state index contributed by atoms with van der Waals surface area (Å²) in [7, 11) is -3.68. The number of ether oxygens (including phenoxy) is 1. The van der Waals surface area contributed by atoms with E-state index in [2.05, 4.69) is 4.98 Å². The first-order valence-electron chi connectivity index (χ1n) is 10.8. The molecule has 1 fully saturated rings. The number of carbonyl (C=O) groups is 2. The van der Waals surface area contributed by atoms with Gasteiger partial charge in [-0.1, -0.05) is 37.1 Å². The number of benzene rings is 2. The highest BCUT2D eigenvalue weighted by molar-refractivity contribution is 7.89. The Kier molecular flexibility index (Phi) is 6.43. The number of Topliss-reactive ketones (excluding diaryl/α,β-unsaturated/α-hetero) is 1. The Morgan fingerprint density at radius 1 is 1.00 bits per heavy atom. The summed E-state index contributed by atoms with van der Waals surface area (Å²) in [5, 5.41) is 0.775. The minimum atomic E-state index is -3.68. The van der Waals surface area contributed by atoms with Crippen LogP contribution in [-0.2, 0) is 14.8 Å². The van der Waals surface area contributed by atoms with Crippen molar-refractivity contribution in [2.45, 2.75) is 37.5 Å². The summed E-state index contributed by atoms with van der Waals surface area (Å²) in [4.78, 5) is 28.5. The number of nitrogens with one attached hydrogen (secondary N) is 1. The summed E-state index contributed by atoms with van der Waals surface area (Å²) in [6.07, 6.45) is 3.69. The van der Waals surface area contributed by atoms with Gasteiger partial charge < -0.3 is 9.72 Å². The summed E-state index contributed by atoms with van der Waals surface area (Å²) in [5.74, 6) is -1.05. The molecule has 0 amide bonds. The Morgan fingerprint density at radius 2 is 1.72 bits per heavy atom. The molecule has 4 rings (SSSR count). The van der Waals surface area contributed by atoms with Gasteiger partial charge in [0, 0.05) is 35.2 Å². The molecule has 2 heterocycles. The van der Waals surface area contributed by atoms with E-state index in [-0.39, 0.29) is 16.2 Å². The number of aromatic nitrogens is 1. The van der Waals surface area contributed by atoms with Crippen LogP contribution in [0.5, 0.6) is 0 Å². The van der Waals surface area contributed by atoms with Crippen molar-refractivity contribution in [1.29, 1.82) is 0 Å². The fraction of sp³-hybridized carbons (Fsp3) is 0.333. The SMILES string of the molecule is Cc1[nH]c2ccccc2c1C(=O)COC(=O)c1cccc(S(=O)(=O)N2CCCCCC2)c1. The first-order chi connectivity index (χ1) is 15.4. The maximum absolute atomic E-state index is 13.0. The Hall–Kier alpha value is -2.97. The predicted molar refractivity (Wildman–Crippen MR) is 121 cm³/mol. The number of carbonyl (C=O) groups excluding carboxylic acids is 2. The molecule has 0 saturated carbocycles. The fourth-order valence-electron chi connectivity index (χ4n) is 4.14. The molecule has 0 unspecified atom stereocenters. The summed E-state index contributed by atoms with van der Waals surface area (Å²) in [6, 6.07) is 13.2. The standard InChI is InChI=1S/C24H26N2O5S/c1-17-23(20-11-4-5-12-21(20)25-17)22(27)16-31-24(28)18-9-8-10-19(15-18)32(29,30)26-13-6-2-3-7-14-26/h4-5,8-12,15,25H,2-3,6-7,13-14,16H2,1H3. The lowest BCUT2D eigenvalue weighted by Crippen LogP contribution is -2.32. The lowest BCUT2D eigenvalue weighted by Gasteiger charge is -2.20. The molecule has 3 aromatic rings. The highest BCUT2D eigenvalue weighted by atomic mass is 32.2. The molecule has 0 aliphatic carbocycles. The third-order valence-corrected chi connectivity index (χ3v) is 7.67. The number of hydrogen-bond acceptors (Lipinski definition) is 5. The number of para-hydroxylation sites is 1. The van der Waals surface area contributed by atoms with Gasteiger partial charge in [0.1, 0.15) is 0 Å². The summed E-state index contributed by atoms with van der Waals surface area (Å²) >= 11 is 0. The second-order valence-electron chi connectivity index (χ2n) is 8.02. The number of fused-ring (bicyclic) bond motifs is 1. The van der Waals surface area contributed by atoms with Crippen LogP contribution in [0.1, 0.15) is 52.1 Å². The fourth-order valence-corrected chi connectivity index (χ4v) is 5.70. The minimum absolute atomic E-state index is 0.0626. The number of sulfonamides is 1. The van der Waals surface area contributed by atoms with Gasteiger partial charge in [0.25, 0.3) is 0 Å². The molecular formula is C24H26N2O5S. The molecule has 1 N–H and O–H groups in total. The molecule has 32 heavy (non-hydrogen) atoms. The highest BCUT2D eigenvalue weighted by Gasteiger charge is 2.26. The van der Waals surface area contributed by atoms with E-state index < -0.39 is 22.6 Å². The molecule has 1 aliphatic heterocycles. The average molecular weight is 455 g/mol. The van der Waals surface area contributed by atoms with E-state index in [9.17, 15) is 18.0 Å². The lowest BCUT2D eigenvalue weighted by molar-refractivity contribution is 0.0474. The van der Waals surface area contributed by atoms with Crippen LogP contribution >= 0.6 is 0 Å². The van der Waals surface area contributed by atoms with Crippen molar-refractivity contribution < 1.29 is 22.7 Å². The van der Waals surface area contributed by atoms with E-state index in [1.54, 1.807) is 6.92 Å². The van der Waals surface area contributed by atoms with Crippen molar-refractivity contribution >= 4 is 32.7 Å². The second kappa shape index (κ2) is 9.26. The van der Waals surface area contributed by atoms with Gasteiger partial charge in [-0.3, -0.25) is 4.79 Å². The summed E-state index contributed by atoms with van der Waals surface area (Å²) in [6.45, 7) is 2.34. The number of hydrogen-bond donors (Lipinski definition) is 1. The van der Waals surface area contributed by atoms with Crippen LogP contribution in [0.25, 0.3) is 10.9 Å². The van der Waals surface area contributed by atoms with Gasteiger partial charge >= 0.3 is 5.97 Å². The molecule has 7 nitrogen and oxygen atoms in total. The quantitative estimate of drug-likeness (QED) is 0.447. The Labute approximate surface area is 187 Å². The van der Waals surface area contributed by atoms with Crippen LogP contribution in [0, 0.1) is 6.92 Å². The van der Waals surface area contributed by atoms with Crippen molar-refractivity contribution in [3.63, 3.8) is 0 Å². The van der Waals surface area contributed by atoms with Gasteiger partial charge in [0.2, 0.25) is 15.8 Å². The number of ketones is 1. The van der Waals surface area contributed by atoms with Crippen molar-refractivity contribution in [2.75, 3.05) is 19.7 Å². The predicted octanol–water partition coefficient (Wildman–Crippen LogP) is 4.08. The van der Waals surface area contributed by atoms with E-state index in [1.165, 1.54) is 28.6 Å². The van der Waals surface area contributed by atoms with E-state index in [1.807, 2.05) is 24.3 Å². The maximum Gasteiger partial charge on any atom is 0.338 e.